The Balaban J connectivity index is 1.76. The van der Waals surface area contributed by atoms with Gasteiger partial charge in [0.25, 0.3) is 0 Å². The quantitative estimate of drug-likeness (QED) is 0.827. The summed E-state index contributed by atoms with van der Waals surface area (Å²) >= 11 is 0. The summed E-state index contributed by atoms with van der Waals surface area (Å²) in [6.07, 6.45) is 3.88. The van der Waals surface area contributed by atoms with Crippen LogP contribution in [0.3, 0.4) is 0 Å². The van der Waals surface area contributed by atoms with Crippen molar-refractivity contribution < 1.29 is 13.3 Å². The molecule has 1 aromatic carbocycles. The minimum absolute atomic E-state index is 0.122. The lowest BCUT2D eigenvalue weighted by molar-refractivity contribution is 0.232. The lowest BCUT2D eigenvalue weighted by Crippen LogP contribution is -2.23. The zero-order valence-corrected chi connectivity index (χ0v) is 12.7. The number of benzene rings is 1. The molecule has 1 aliphatic heterocycles. The van der Waals surface area contributed by atoms with E-state index in [1.165, 1.54) is 0 Å². The van der Waals surface area contributed by atoms with Crippen LogP contribution >= 0.6 is 0 Å². The Bertz CT molecular complexity index is 641. The van der Waals surface area contributed by atoms with E-state index in [9.17, 15) is 8.78 Å². The van der Waals surface area contributed by atoms with Crippen LogP contribution < -0.4 is 0 Å². The monoisotopic (exact) mass is 306 g/mol. The Morgan fingerprint density at radius 2 is 2.23 bits per heavy atom. The molecule has 1 aliphatic rings. The highest BCUT2D eigenvalue weighted by atomic mass is 19.2. The first-order chi connectivity index (χ1) is 10.7. The molecule has 0 amide bonds. The predicted molar refractivity (Wildman–Crippen MR) is 79.2 cm³/mol. The fourth-order valence-corrected chi connectivity index (χ4v) is 3.09. The minimum Gasteiger partial charge on any atom is -0.361 e. The second-order valence-corrected chi connectivity index (χ2v) is 5.81. The highest BCUT2D eigenvalue weighted by Gasteiger charge is 2.29. The summed E-state index contributed by atoms with van der Waals surface area (Å²) in [5, 5.41) is 4.16. The first-order valence-electron chi connectivity index (χ1n) is 7.81. The van der Waals surface area contributed by atoms with Crippen molar-refractivity contribution in [3.63, 3.8) is 0 Å². The zero-order chi connectivity index (χ0) is 15.5. The zero-order valence-electron chi connectivity index (χ0n) is 12.7. The molecule has 1 saturated heterocycles. The third-order valence-corrected chi connectivity index (χ3v) is 4.18. The van der Waals surface area contributed by atoms with E-state index in [0.717, 1.165) is 49.7 Å². The molecule has 0 bridgehead atoms. The molecule has 0 N–H and O–H groups in total. The summed E-state index contributed by atoms with van der Waals surface area (Å²) < 4.78 is 32.5. The van der Waals surface area contributed by atoms with Gasteiger partial charge >= 0.3 is 0 Å². The smallest absolute Gasteiger partial charge is 0.163 e. The number of rotatable bonds is 5. The molecule has 3 nitrogen and oxygen atoms in total. The summed E-state index contributed by atoms with van der Waals surface area (Å²) in [5.41, 5.74) is 1.29. The molecule has 0 radical (unpaired) electrons. The highest BCUT2D eigenvalue weighted by Crippen LogP contribution is 2.33. The first-order valence-corrected chi connectivity index (χ1v) is 7.81. The molecule has 2 heterocycles. The van der Waals surface area contributed by atoms with Crippen molar-refractivity contribution in [2.75, 3.05) is 6.54 Å². The molecule has 0 spiro atoms. The van der Waals surface area contributed by atoms with Crippen LogP contribution in [0.4, 0.5) is 8.78 Å². The van der Waals surface area contributed by atoms with Crippen molar-refractivity contribution >= 4 is 0 Å². The molecule has 1 aromatic heterocycles. The number of hydrogen-bond donors (Lipinski definition) is 0. The molecule has 0 aliphatic carbocycles. The Morgan fingerprint density at radius 1 is 1.36 bits per heavy atom. The fraction of sp³-hybridized carbons (Fsp3) is 0.471. The van der Waals surface area contributed by atoms with Gasteiger partial charge in [-0.25, -0.2) is 8.78 Å². The van der Waals surface area contributed by atoms with Crippen molar-refractivity contribution in [3.05, 3.63) is 52.9 Å². The van der Waals surface area contributed by atoms with E-state index in [2.05, 4.69) is 17.0 Å². The average Bonchev–Trinajstić information content (AvgIpc) is 3.13. The van der Waals surface area contributed by atoms with Gasteiger partial charge in [-0.05, 0) is 31.9 Å². The van der Waals surface area contributed by atoms with Gasteiger partial charge in [-0.3, -0.25) is 4.90 Å². The van der Waals surface area contributed by atoms with Gasteiger partial charge in [0, 0.05) is 24.6 Å². The molecule has 22 heavy (non-hydrogen) atoms. The number of hydrogen-bond acceptors (Lipinski definition) is 3. The molecular weight excluding hydrogens is 286 g/mol. The summed E-state index contributed by atoms with van der Waals surface area (Å²) in [5.74, 6) is -0.652. The molecule has 0 unspecified atom stereocenters. The Labute approximate surface area is 128 Å². The highest BCUT2D eigenvalue weighted by molar-refractivity contribution is 5.20. The van der Waals surface area contributed by atoms with Crippen molar-refractivity contribution in [2.24, 2.45) is 0 Å². The van der Waals surface area contributed by atoms with Crippen LogP contribution in [-0.2, 0) is 13.0 Å². The van der Waals surface area contributed by atoms with Crippen LogP contribution in [-0.4, -0.2) is 16.6 Å². The van der Waals surface area contributed by atoms with Crippen LogP contribution in [0.15, 0.2) is 28.8 Å². The molecule has 2 aromatic rings. The predicted octanol–water partition coefficient (Wildman–Crippen LogP) is 4.24. The molecule has 5 heteroatoms. The largest absolute Gasteiger partial charge is 0.361 e. The van der Waals surface area contributed by atoms with Crippen LogP contribution in [0.25, 0.3) is 0 Å². The van der Waals surface area contributed by atoms with Gasteiger partial charge in [-0.2, -0.15) is 0 Å². The molecular formula is C17H20F2N2O. The summed E-state index contributed by atoms with van der Waals surface area (Å²) in [6, 6.07) is 6.45. The van der Waals surface area contributed by atoms with Crippen LogP contribution in [0.2, 0.25) is 0 Å². The van der Waals surface area contributed by atoms with E-state index < -0.39 is 11.6 Å². The van der Waals surface area contributed by atoms with Gasteiger partial charge in [0.05, 0.1) is 6.04 Å². The van der Waals surface area contributed by atoms with E-state index in [-0.39, 0.29) is 6.04 Å². The standard InChI is InChI=1S/C17H20F2N2O/c1-2-5-13-10-15(20-22-13)16-8-4-9-21(16)11-12-6-3-7-14(18)17(12)19/h3,6-7,10,16H,2,4-5,8-9,11H2,1H3/t16-/m1/s1. The van der Waals surface area contributed by atoms with E-state index >= 15 is 0 Å². The van der Waals surface area contributed by atoms with Gasteiger partial charge in [0.1, 0.15) is 11.5 Å². The second kappa shape index (κ2) is 6.57. The van der Waals surface area contributed by atoms with Gasteiger partial charge in [-0.1, -0.05) is 24.2 Å². The normalized spacial score (nSPS) is 19.0. The maximum Gasteiger partial charge on any atom is 0.163 e. The third-order valence-electron chi connectivity index (χ3n) is 4.18. The molecule has 3 rings (SSSR count). The minimum atomic E-state index is -0.792. The summed E-state index contributed by atoms with van der Waals surface area (Å²) in [6.45, 7) is 3.34. The maximum absolute atomic E-state index is 13.9. The van der Waals surface area contributed by atoms with Gasteiger partial charge < -0.3 is 4.52 Å². The van der Waals surface area contributed by atoms with Crippen molar-refractivity contribution in [1.29, 1.82) is 0 Å². The fourth-order valence-electron chi connectivity index (χ4n) is 3.09. The number of likely N-dealkylation sites (tertiary alicyclic amines) is 1. The van der Waals surface area contributed by atoms with Crippen molar-refractivity contribution in [1.82, 2.24) is 10.1 Å². The topological polar surface area (TPSA) is 29.3 Å². The molecule has 0 saturated carbocycles. The third kappa shape index (κ3) is 3.04. The van der Waals surface area contributed by atoms with Crippen LogP contribution in [0.1, 0.15) is 49.2 Å². The Kier molecular flexibility index (Phi) is 4.52. The lowest BCUT2D eigenvalue weighted by Gasteiger charge is -2.22. The molecule has 118 valence electrons. The number of nitrogens with zero attached hydrogens (tertiary/aromatic N) is 2. The van der Waals surface area contributed by atoms with Gasteiger partial charge in [-0.15, -0.1) is 0 Å². The van der Waals surface area contributed by atoms with E-state index in [1.807, 2.05) is 6.07 Å². The Morgan fingerprint density at radius 3 is 3.05 bits per heavy atom. The maximum atomic E-state index is 13.9. The SMILES string of the molecule is CCCc1cc([C@H]2CCCN2Cc2cccc(F)c2F)no1. The van der Waals surface area contributed by atoms with Crippen molar-refractivity contribution in [2.45, 2.75) is 45.2 Å². The summed E-state index contributed by atoms with van der Waals surface area (Å²) in [4.78, 5) is 2.14. The van der Waals surface area contributed by atoms with E-state index in [4.69, 9.17) is 4.52 Å². The number of aryl methyl sites for hydroxylation is 1. The average molecular weight is 306 g/mol. The van der Waals surface area contributed by atoms with Gasteiger partial charge in [0.2, 0.25) is 0 Å². The molecule has 1 atom stereocenters. The number of aromatic nitrogens is 1. The first kappa shape index (κ1) is 15.2. The van der Waals surface area contributed by atoms with Crippen LogP contribution in [0, 0.1) is 11.6 Å². The van der Waals surface area contributed by atoms with Gasteiger partial charge in [0.15, 0.2) is 11.6 Å². The summed E-state index contributed by atoms with van der Waals surface area (Å²) in [7, 11) is 0. The second-order valence-electron chi connectivity index (χ2n) is 5.81. The van der Waals surface area contributed by atoms with Crippen LogP contribution in [0.5, 0.6) is 0 Å². The van der Waals surface area contributed by atoms with E-state index in [0.29, 0.717) is 12.1 Å². The number of halogens is 2. The van der Waals surface area contributed by atoms with E-state index in [1.54, 1.807) is 12.1 Å². The van der Waals surface area contributed by atoms with Crippen molar-refractivity contribution in [3.8, 4) is 0 Å². The molecule has 1 fully saturated rings. The lowest BCUT2D eigenvalue weighted by atomic mass is 10.1. The Hall–Kier alpha value is -1.75.